The first kappa shape index (κ1) is 31.7. The Morgan fingerprint density at radius 3 is 1.54 bits per heavy atom. The fourth-order valence-electron chi connectivity index (χ4n) is 4.96. The quantitative estimate of drug-likeness (QED) is 0.217. The molecule has 7 heteroatoms. The predicted molar refractivity (Wildman–Crippen MR) is 147 cm³/mol. The highest BCUT2D eigenvalue weighted by atomic mass is 32.2. The van der Waals surface area contributed by atoms with E-state index in [4.69, 9.17) is 4.42 Å². The molecule has 0 unspecified atom stereocenters. The first-order valence-corrected chi connectivity index (χ1v) is 13.8. The highest BCUT2D eigenvalue weighted by molar-refractivity contribution is 8.16. The van der Waals surface area contributed by atoms with Crippen LogP contribution < -0.4 is 0 Å². The van der Waals surface area contributed by atoms with Crippen LogP contribution in [0.4, 0.5) is 0 Å². The van der Waals surface area contributed by atoms with E-state index in [1.807, 2.05) is 27.7 Å². The van der Waals surface area contributed by atoms with E-state index in [0.29, 0.717) is 0 Å². The Morgan fingerprint density at radius 1 is 0.800 bits per heavy atom. The van der Waals surface area contributed by atoms with Crippen LogP contribution in [-0.4, -0.2) is 31.3 Å². The van der Waals surface area contributed by atoms with Gasteiger partial charge in [-0.3, -0.25) is 19.2 Å². The van der Waals surface area contributed by atoms with Crippen molar-refractivity contribution in [2.45, 2.75) is 105 Å². The average molecular weight is 525 g/mol. The number of ketones is 2. The number of thioether (sulfide) groups is 2. The topological polar surface area (TPSA) is 81.4 Å². The van der Waals surface area contributed by atoms with E-state index in [2.05, 4.69) is 41.5 Å². The number of Topliss-reactive ketones (excluding diaryl/α,β-unsaturated/α-hetero) is 2. The van der Waals surface area contributed by atoms with Crippen molar-refractivity contribution in [3.8, 4) is 0 Å². The van der Waals surface area contributed by atoms with Gasteiger partial charge in [-0.05, 0) is 42.7 Å². The maximum atomic E-state index is 13.7. The Bertz CT molecular complexity index is 857. The van der Waals surface area contributed by atoms with E-state index >= 15 is 0 Å². The number of furan rings is 1. The summed E-state index contributed by atoms with van der Waals surface area (Å²) in [5.41, 5.74) is -0.0378. The zero-order chi connectivity index (χ0) is 27.4. The second-order valence-corrected chi connectivity index (χ2v) is 16.6. The van der Waals surface area contributed by atoms with Crippen molar-refractivity contribution in [3.63, 3.8) is 0 Å². The van der Waals surface area contributed by atoms with Crippen molar-refractivity contribution in [1.82, 2.24) is 0 Å². The molecule has 1 aromatic rings. The largest absolute Gasteiger partial charge is 0.461 e. The van der Waals surface area contributed by atoms with Crippen LogP contribution in [0, 0.1) is 22.7 Å². The smallest absolute Gasteiger partial charge is 0.201 e. The van der Waals surface area contributed by atoms with Crippen molar-refractivity contribution >= 4 is 45.3 Å². The van der Waals surface area contributed by atoms with E-state index < -0.39 is 27.1 Å². The summed E-state index contributed by atoms with van der Waals surface area (Å²) in [5, 5.41) is -0.702. The molecule has 0 N–H and O–H groups in total. The summed E-state index contributed by atoms with van der Waals surface area (Å²) in [7, 11) is 0. The van der Waals surface area contributed by atoms with E-state index in [9.17, 15) is 19.2 Å². The predicted octanol–water partition coefficient (Wildman–Crippen LogP) is 7.62. The highest BCUT2D eigenvalue weighted by Crippen LogP contribution is 2.44. The van der Waals surface area contributed by atoms with Crippen molar-refractivity contribution in [2.75, 3.05) is 0 Å². The van der Waals surface area contributed by atoms with Crippen LogP contribution in [0.2, 0.25) is 0 Å². The maximum absolute atomic E-state index is 13.7. The molecular formula is C28H44O5S2. The maximum Gasteiger partial charge on any atom is 0.201 e. The van der Waals surface area contributed by atoms with E-state index in [1.54, 1.807) is 6.07 Å². The summed E-state index contributed by atoms with van der Waals surface area (Å²) in [6, 6.07) is 3.13. The van der Waals surface area contributed by atoms with Crippen LogP contribution >= 0.6 is 23.5 Å². The second-order valence-electron chi connectivity index (χ2n) is 13.1. The molecule has 5 nitrogen and oxygen atoms in total. The van der Waals surface area contributed by atoms with Gasteiger partial charge < -0.3 is 4.42 Å². The molecule has 1 atom stereocenters. The summed E-state index contributed by atoms with van der Waals surface area (Å²) in [4.78, 5) is 53.0. The van der Waals surface area contributed by atoms with Gasteiger partial charge in [0, 0.05) is 21.8 Å². The summed E-state index contributed by atoms with van der Waals surface area (Å²) >= 11 is 2.23. The fourth-order valence-corrected chi connectivity index (χ4v) is 7.93. The van der Waals surface area contributed by atoms with E-state index in [-0.39, 0.29) is 39.0 Å². The van der Waals surface area contributed by atoms with Gasteiger partial charge in [-0.1, -0.05) is 92.8 Å². The molecule has 0 aliphatic carbocycles. The molecule has 1 aromatic heterocycles. The molecule has 0 amide bonds. The Kier molecular flexibility index (Phi) is 10.7. The Labute approximate surface area is 220 Å². The van der Waals surface area contributed by atoms with Crippen molar-refractivity contribution in [2.24, 2.45) is 22.7 Å². The molecule has 1 rings (SSSR count). The number of hydrogen-bond donors (Lipinski definition) is 0. The molecule has 0 aliphatic heterocycles. The monoisotopic (exact) mass is 524 g/mol. The Morgan fingerprint density at radius 2 is 1.23 bits per heavy atom. The molecular weight excluding hydrogens is 480 g/mol. The van der Waals surface area contributed by atoms with E-state index in [1.165, 1.54) is 19.3 Å². The van der Waals surface area contributed by atoms with E-state index in [0.717, 1.165) is 36.4 Å². The third-order valence-electron chi connectivity index (χ3n) is 5.30. The summed E-state index contributed by atoms with van der Waals surface area (Å²) in [5.74, 6) is -2.86. The minimum Gasteiger partial charge on any atom is -0.461 e. The molecule has 0 fully saturated rings. The summed E-state index contributed by atoms with van der Waals surface area (Å²) < 4.78 is 4.33. The summed E-state index contributed by atoms with van der Waals surface area (Å²) in [6.45, 7) is 21.9. The van der Waals surface area contributed by atoms with Crippen LogP contribution in [0.3, 0.4) is 0 Å². The lowest BCUT2D eigenvalue weighted by Crippen LogP contribution is -2.38. The van der Waals surface area contributed by atoms with Gasteiger partial charge in [-0.25, -0.2) is 0 Å². The Hall–Kier alpha value is -1.34. The lowest BCUT2D eigenvalue weighted by Gasteiger charge is -2.34. The molecule has 0 aliphatic rings. The molecule has 198 valence electrons. The van der Waals surface area contributed by atoms with Gasteiger partial charge in [0.1, 0.15) is 11.7 Å². The number of hydrogen-bond acceptors (Lipinski definition) is 7. The first-order valence-electron chi connectivity index (χ1n) is 12.2. The summed E-state index contributed by atoms with van der Waals surface area (Å²) in [6.07, 6.45) is 2.64. The molecule has 1 heterocycles. The van der Waals surface area contributed by atoms with Crippen LogP contribution in [0.15, 0.2) is 22.8 Å². The third-order valence-corrected chi connectivity index (χ3v) is 7.60. The zero-order valence-electron chi connectivity index (χ0n) is 23.4. The second kappa shape index (κ2) is 11.8. The van der Waals surface area contributed by atoms with Crippen molar-refractivity contribution in [3.05, 3.63) is 24.2 Å². The van der Waals surface area contributed by atoms with Gasteiger partial charge >= 0.3 is 0 Å². The highest BCUT2D eigenvalue weighted by Gasteiger charge is 2.44. The minimum atomic E-state index is -1.21. The van der Waals surface area contributed by atoms with Crippen molar-refractivity contribution in [1.29, 1.82) is 0 Å². The van der Waals surface area contributed by atoms with Gasteiger partial charge in [0.05, 0.1) is 6.26 Å². The molecule has 0 bridgehead atoms. The van der Waals surface area contributed by atoms with Crippen LogP contribution in [0.5, 0.6) is 0 Å². The molecule has 0 spiro atoms. The van der Waals surface area contributed by atoms with Crippen molar-refractivity contribution < 1.29 is 23.6 Å². The first-order chi connectivity index (χ1) is 15.6. The van der Waals surface area contributed by atoms with Gasteiger partial charge in [0.25, 0.3) is 0 Å². The van der Waals surface area contributed by atoms with Crippen LogP contribution in [0.1, 0.15) is 106 Å². The minimum absolute atomic E-state index is 0.0189. The normalized spacial score (nSPS) is 14.2. The van der Waals surface area contributed by atoms with Gasteiger partial charge in [-0.2, -0.15) is 0 Å². The number of carbonyl (C=O) groups excluding carboxylic acids is 4. The Balaban J connectivity index is 3.35. The van der Waals surface area contributed by atoms with Gasteiger partial charge in [0.2, 0.25) is 10.2 Å². The van der Waals surface area contributed by atoms with Gasteiger partial charge in [-0.15, -0.1) is 0 Å². The molecule has 35 heavy (non-hydrogen) atoms. The lowest BCUT2D eigenvalue weighted by molar-refractivity contribution is -0.132. The zero-order valence-corrected chi connectivity index (χ0v) is 25.0. The third kappa shape index (κ3) is 11.5. The SMILES string of the molecule is CC(=O)[C@@H](CC(=O)c1ccco1)C(C(=O)SC(C)(C)CC(C)(C)C)C(=O)SC(C)(C)CC(C)(C)C. The molecule has 0 saturated heterocycles. The van der Waals surface area contributed by atoms with Gasteiger partial charge in [0.15, 0.2) is 11.5 Å². The average Bonchev–Trinajstić information content (AvgIpc) is 3.09. The number of rotatable bonds is 11. The van der Waals surface area contributed by atoms with Crippen LogP contribution in [0.25, 0.3) is 0 Å². The lowest BCUT2D eigenvalue weighted by atomic mass is 9.85. The fraction of sp³-hybridized carbons (Fsp3) is 0.714. The van der Waals surface area contributed by atoms with Crippen LogP contribution in [-0.2, 0) is 14.4 Å². The molecule has 0 radical (unpaired) electrons. The molecule has 0 aromatic carbocycles. The number of carbonyl (C=O) groups is 4. The molecule has 0 saturated carbocycles. The standard InChI is InChI=1S/C28H44O5S2/c1-18(29)19(15-20(30)21-13-12-14-33-21)22(23(31)34-27(8,9)16-25(2,3)4)24(32)35-28(10,11)17-26(5,6)7/h12-14,19,22H,15-17H2,1-11H3/t19-/m1/s1.